The molecular weight excluding hydrogens is 401 g/mol. The molecule has 1 unspecified atom stereocenters. The van der Waals surface area contributed by atoms with Crippen molar-refractivity contribution in [2.75, 3.05) is 5.32 Å². The Kier molecular flexibility index (Phi) is 4.62. The van der Waals surface area contributed by atoms with Gasteiger partial charge in [-0.3, -0.25) is 9.78 Å². The molecule has 148 valence electrons. The number of nitrogens with one attached hydrogen (secondary N) is 1. The van der Waals surface area contributed by atoms with Gasteiger partial charge in [-0.1, -0.05) is 48.0 Å². The molecule has 0 bridgehead atoms. The first kappa shape index (κ1) is 19.5. The van der Waals surface area contributed by atoms with Crippen molar-refractivity contribution in [3.8, 4) is 11.1 Å². The van der Waals surface area contributed by atoms with Crippen LogP contribution < -0.4 is 5.32 Å². The molecule has 0 saturated heterocycles. The van der Waals surface area contributed by atoms with E-state index in [9.17, 15) is 18.0 Å². The topological polar surface area (TPSA) is 42.0 Å². The third-order valence-electron chi connectivity index (χ3n) is 5.22. The van der Waals surface area contributed by atoms with Gasteiger partial charge in [0.1, 0.15) is 5.69 Å². The van der Waals surface area contributed by atoms with E-state index < -0.39 is 17.3 Å². The molecule has 3 nitrogen and oxygen atoms in total. The third-order valence-corrected chi connectivity index (χ3v) is 5.55. The number of halogens is 4. The standard InChI is InChI=1S/C22H16ClF3N2O/c1-21(11-13-6-9-19(27-12-13)22(24,25)26)16-8-7-14(10-18(16)28-20(21)29)15-4-2-3-5-17(15)23/h2-10,12H,11H2,1H3,(H,28,29). The van der Waals surface area contributed by atoms with Gasteiger partial charge in [-0.05, 0) is 48.2 Å². The number of rotatable bonds is 3. The first-order valence-electron chi connectivity index (χ1n) is 8.91. The Labute approximate surface area is 170 Å². The van der Waals surface area contributed by atoms with Crippen LogP contribution in [-0.4, -0.2) is 10.9 Å². The summed E-state index contributed by atoms with van der Waals surface area (Å²) in [5.41, 5.74) is 1.89. The van der Waals surface area contributed by atoms with Crippen molar-refractivity contribution >= 4 is 23.2 Å². The normalized spacial score (nSPS) is 18.4. The second-order valence-corrected chi connectivity index (χ2v) is 7.66. The number of alkyl halides is 3. The number of fused-ring (bicyclic) bond motifs is 1. The molecule has 1 aromatic heterocycles. The van der Waals surface area contributed by atoms with Crippen molar-refractivity contribution in [1.82, 2.24) is 4.98 Å². The summed E-state index contributed by atoms with van der Waals surface area (Å²) in [6.07, 6.45) is -3.07. The van der Waals surface area contributed by atoms with Crippen LogP contribution in [0, 0.1) is 0 Å². The predicted octanol–water partition coefficient (Wildman–Crippen LogP) is 5.87. The highest BCUT2D eigenvalue weighted by atomic mass is 35.5. The van der Waals surface area contributed by atoms with E-state index in [0.717, 1.165) is 22.8 Å². The molecule has 4 rings (SSSR count). The molecule has 3 aromatic rings. The molecule has 1 N–H and O–H groups in total. The number of carbonyl (C=O) groups excluding carboxylic acids is 1. The second-order valence-electron chi connectivity index (χ2n) is 7.25. The van der Waals surface area contributed by atoms with Crippen LogP contribution in [0.15, 0.2) is 60.8 Å². The van der Waals surface area contributed by atoms with Crippen molar-refractivity contribution in [1.29, 1.82) is 0 Å². The summed E-state index contributed by atoms with van der Waals surface area (Å²) in [6, 6.07) is 15.3. The fraction of sp³-hybridized carbons (Fsp3) is 0.182. The predicted molar refractivity (Wildman–Crippen MR) is 106 cm³/mol. The number of pyridine rings is 1. The summed E-state index contributed by atoms with van der Waals surface area (Å²) in [5, 5.41) is 3.50. The number of amides is 1. The van der Waals surface area contributed by atoms with Crippen LogP contribution in [0.4, 0.5) is 18.9 Å². The van der Waals surface area contributed by atoms with Gasteiger partial charge < -0.3 is 5.32 Å². The molecule has 0 fully saturated rings. The van der Waals surface area contributed by atoms with Crippen LogP contribution in [0.25, 0.3) is 11.1 Å². The first-order valence-corrected chi connectivity index (χ1v) is 9.29. The van der Waals surface area contributed by atoms with Crippen molar-refractivity contribution in [3.05, 3.63) is 82.6 Å². The fourth-order valence-corrected chi connectivity index (χ4v) is 3.90. The zero-order valence-electron chi connectivity index (χ0n) is 15.3. The number of aromatic nitrogens is 1. The Hall–Kier alpha value is -2.86. The quantitative estimate of drug-likeness (QED) is 0.580. The van der Waals surface area contributed by atoms with Gasteiger partial charge in [0.15, 0.2) is 0 Å². The van der Waals surface area contributed by atoms with Gasteiger partial charge in [0.2, 0.25) is 5.91 Å². The average molecular weight is 417 g/mol. The lowest BCUT2D eigenvalue weighted by Gasteiger charge is -2.22. The fourth-order valence-electron chi connectivity index (χ4n) is 3.65. The van der Waals surface area contributed by atoms with E-state index in [-0.39, 0.29) is 12.3 Å². The average Bonchev–Trinajstić information content (AvgIpc) is 2.91. The molecule has 0 aliphatic carbocycles. The maximum Gasteiger partial charge on any atom is 0.433 e. The van der Waals surface area contributed by atoms with Crippen LogP contribution in [0.3, 0.4) is 0 Å². The highest BCUT2D eigenvalue weighted by molar-refractivity contribution is 6.33. The lowest BCUT2D eigenvalue weighted by molar-refractivity contribution is -0.141. The van der Waals surface area contributed by atoms with Crippen molar-refractivity contribution in [3.63, 3.8) is 0 Å². The van der Waals surface area contributed by atoms with Gasteiger partial charge >= 0.3 is 6.18 Å². The minimum atomic E-state index is -4.49. The van der Waals surface area contributed by atoms with Gasteiger partial charge in [0.25, 0.3) is 0 Å². The van der Waals surface area contributed by atoms with Crippen LogP contribution >= 0.6 is 11.6 Å². The third kappa shape index (κ3) is 3.49. The number of benzene rings is 2. The molecule has 1 atom stereocenters. The Morgan fingerprint density at radius 3 is 2.52 bits per heavy atom. The molecule has 1 aliphatic rings. The Bertz CT molecular complexity index is 1100. The van der Waals surface area contributed by atoms with Crippen LogP contribution in [-0.2, 0) is 22.8 Å². The smallest absolute Gasteiger partial charge is 0.325 e. The molecule has 2 heterocycles. The number of hydrogen-bond acceptors (Lipinski definition) is 2. The highest BCUT2D eigenvalue weighted by Crippen LogP contribution is 2.42. The molecule has 29 heavy (non-hydrogen) atoms. The molecule has 7 heteroatoms. The maximum atomic E-state index is 12.8. The molecule has 1 aliphatic heterocycles. The zero-order chi connectivity index (χ0) is 20.8. The SMILES string of the molecule is CC1(Cc2ccc(C(F)(F)F)nc2)C(=O)Nc2cc(-c3ccccc3Cl)ccc21. The molecule has 0 spiro atoms. The van der Waals surface area contributed by atoms with Crippen molar-refractivity contribution < 1.29 is 18.0 Å². The van der Waals surface area contributed by atoms with Gasteiger partial charge in [0.05, 0.1) is 5.41 Å². The van der Waals surface area contributed by atoms with Gasteiger partial charge in [-0.2, -0.15) is 13.2 Å². The van der Waals surface area contributed by atoms with Crippen LogP contribution in [0.5, 0.6) is 0 Å². The summed E-state index contributed by atoms with van der Waals surface area (Å²) in [5.74, 6) is -0.205. The van der Waals surface area contributed by atoms with E-state index in [1.165, 1.54) is 12.3 Å². The summed E-state index contributed by atoms with van der Waals surface area (Å²) in [6.45, 7) is 1.78. The van der Waals surface area contributed by atoms with E-state index in [1.807, 2.05) is 36.4 Å². The monoisotopic (exact) mass is 416 g/mol. The number of carbonyl (C=O) groups is 1. The van der Waals surface area contributed by atoms with Crippen molar-refractivity contribution in [2.45, 2.75) is 24.9 Å². The maximum absolute atomic E-state index is 12.8. The Morgan fingerprint density at radius 1 is 1.10 bits per heavy atom. The minimum Gasteiger partial charge on any atom is -0.325 e. The summed E-state index contributed by atoms with van der Waals surface area (Å²) in [4.78, 5) is 16.3. The molecule has 2 aromatic carbocycles. The number of hydrogen-bond donors (Lipinski definition) is 1. The Morgan fingerprint density at radius 2 is 1.86 bits per heavy atom. The molecule has 0 saturated carbocycles. The first-order chi connectivity index (χ1) is 13.7. The molecule has 1 amide bonds. The minimum absolute atomic E-state index is 0.205. The summed E-state index contributed by atoms with van der Waals surface area (Å²) in [7, 11) is 0. The number of anilines is 1. The van der Waals surface area contributed by atoms with Crippen LogP contribution in [0.1, 0.15) is 23.7 Å². The highest BCUT2D eigenvalue weighted by Gasteiger charge is 2.43. The van der Waals surface area contributed by atoms with Gasteiger partial charge in [0, 0.05) is 22.5 Å². The number of nitrogens with zero attached hydrogens (tertiary/aromatic N) is 1. The largest absolute Gasteiger partial charge is 0.433 e. The molecular formula is C22H16ClF3N2O. The van der Waals surface area contributed by atoms with Gasteiger partial charge in [-0.25, -0.2) is 0 Å². The zero-order valence-corrected chi connectivity index (χ0v) is 16.1. The summed E-state index contributed by atoms with van der Waals surface area (Å²) < 4.78 is 38.2. The summed E-state index contributed by atoms with van der Waals surface area (Å²) >= 11 is 6.27. The Balaban J connectivity index is 1.66. The lowest BCUT2D eigenvalue weighted by atomic mass is 9.78. The van der Waals surface area contributed by atoms with Crippen LogP contribution in [0.2, 0.25) is 5.02 Å². The van der Waals surface area contributed by atoms with E-state index >= 15 is 0 Å². The van der Waals surface area contributed by atoms with E-state index in [2.05, 4.69) is 10.3 Å². The second kappa shape index (κ2) is 6.88. The van der Waals surface area contributed by atoms with E-state index in [0.29, 0.717) is 16.3 Å². The molecule has 0 radical (unpaired) electrons. The van der Waals surface area contributed by atoms with Gasteiger partial charge in [-0.15, -0.1) is 0 Å². The lowest BCUT2D eigenvalue weighted by Crippen LogP contribution is -2.33. The van der Waals surface area contributed by atoms with E-state index in [1.54, 1.807) is 13.0 Å². The van der Waals surface area contributed by atoms with Crippen molar-refractivity contribution in [2.24, 2.45) is 0 Å². The van der Waals surface area contributed by atoms with E-state index in [4.69, 9.17) is 11.6 Å².